The molecule has 0 amide bonds. The van der Waals surface area contributed by atoms with Crippen molar-refractivity contribution in [3.63, 3.8) is 0 Å². The van der Waals surface area contributed by atoms with Crippen LogP contribution in [0.2, 0.25) is 5.02 Å². The largest absolute Gasteiger partial charge is 0.486 e. The molecule has 3 unspecified atom stereocenters. The van der Waals surface area contributed by atoms with Gasteiger partial charge in [-0.2, -0.15) is 15.2 Å². The summed E-state index contributed by atoms with van der Waals surface area (Å²) in [4.78, 5) is 12.0. The number of anilines is 2. The van der Waals surface area contributed by atoms with Gasteiger partial charge in [-0.1, -0.05) is 17.7 Å². The fraction of sp³-hybridized carbons (Fsp3) is 0.469. The normalized spacial score (nSPS) is 24.6. The molecule has 0 aliphatic carbocycles. The Morgan fingerprint density at radius 2 is 2.06 bits per heavy atom. The SMILES string of the molecule is CC(O)C1C(C)Oc2c(Cl)c(-c3ccc(F)c4sc(N)c(C#N)c34)c(F)c3nc(OC[C@@]45CCCN4C[C@H](F)C5)nc(c23)N1CC(F)F. The third-order valence-electron chi connectivity index (χ3n) is 9.62. The van der Waals surface area contributed by atoms with E-state index in [1.807, 2.05) is 11.0 Å². The summed E-state index contributed by atoms with van der Waals surface area (Å²) >= 11 is 7.75. The van der Waals surface area contributed by atoms with E-state index < -0.39 is 60.1 Å². The number of aliphatic hydroxyl groups excluding tert-OH is 1. The number of alkyl halides is 3. The molecule has 5 atom stereocenters. The highest BCUT2D eigenvalue weighted by molar-refractivity contribution is 7.23. The van der Waals surface area contributed by atoms with E-state index in [-0.39, 0.29) is 79.3 Å². The Labute approximate surface area is 280 Å². The van der Waals surface area contributed by atoms with Gasteiger partial charge in [0, 0.05) is 23.9 Å². The molecule has 7 rings (SSSR count). The zero-order chi connectivity index (χ0) is 34.2. The van der Waals surface area contributed by atoms with Crippen molar-refractivity contribution < 1.29 is 36.5 Å². The van der Waals surface area contributed by atoms with Crippen molar-refractivity contribution in [2.24, 2.45) is 0 Å². The average Bonchev–Trinajstić information content (AvgIpc) is 3.64. The summed E-state index contributed by atoms with van der Waals surface area (Å²) in [6.07, 6.45) is -4.47. The Kier molecular flexibility index (Phi) is 8.21. The number of hydrogen-bond acceptors (Lipinski definition) is 10. The van der Waals surface area contributed by atoms with Crippen LogP contribution in [-0.4, -0.2) is 82.6 Å². The smallest absolute Gasteiger partial charge is 0.319 e. The van der Waals surface area contributed by atoms with Crippen molar-refractivity contribution in [1.82, 2.24) is 14.9 Å². The third kappa shape index (κ3) is 5.07. The molecule has 4 aromatic rings. The fourth-order valence-electron chi connectivity index (χ4n) is 7.67. The number of rotatable bonds is 7. The van der Waals surface area contributed by atoms with E-state index >= 15 is 4.39 Å². The van der Waals surface area contributed by atoms with Crippen LogP contribution in [0.4, 0.5) is 32.8 Å². The van der Waals surface area contributed by atoms with Gasteiger partial charge in [-0.15, -0.1) is 11.3 Å². The van der Waals surface area contributed by atoms with Gasteiger partial charge < -0.3 is 25.2 Å². The van der Waals surface area contributed by atoms with Crippen LogP contribution in [0.3, 0.4) is 0 Å². The Balaban J connectivity index is 1.50. The van der Waals surface area contributed by atoms with E-state index in [2.05, 4.69) is 9.97 Å². The molecule has 0 spiro atoms. The summed E-state index contributed by atoms with van der Waals surface area (Å²) in [6, 6.07) is 2.84. The number of aliphatic hydroxyl groups is 1. The van der Waals surface area contributed by atoms with E-state index in [1.165, 1.54) is 13.0 Å². The lowest BCUT2D eigenvalue weighted by Crippen LogP contribution is -2.52. The molecule has 9 nitrogen and oxygen atoms in total. The number of nitrogens with two attached hydrogens (primary N) is 1. The lowest BCUT2D eigenvalue weighted by atomic mass is 9.95. The van der Waals surface area contributed by atoms with Crippen LogP contribution in [0.5, 0.6) is 11.8 Å². The van der Waals surface area contributed by atoms with Crippen LogP contribution in [0.1, 0.15) is 38.7 Å². The second kappa shape index (κ2) is 12.0. The Hall–Kier alpha value is -3.71. The second-order valence-electron chi connectivity index (χ2n) is 12.6. The molecule has 2 aromatic carbocycles. The van der Waals surface area contributed by atoms with E-state index in [4.69, 9.17) is 26.8 Å². The minimum atomic E-state index is -2.90. The first-order chi connectivity index (χ1) is 22.8. The standard InChI is InChI=1S/C32H30ClF5N6O3S/c1-13(45)26-14(2)47-27-22-25(24(38)21(23(27)33)16-4-5-18(35)28-20(16)17(9-39)29(40)48-28)41-31(42-30(22)44(26)11-19(36)37)46-12-32-6-3-7-43(32)10-15(34)8-32/h4-5,13-15,19,26,45H,3,6-8,10-12,40H2,1-2H3/t13?,14?,15-,26?,32+/m1/s1. The zero-order valence-electron chi connectivity index (χ0n) is 25.7. The first-order valence-corrected chi connectivity index (χ1v) is 16.6. The fourth-order valence-corrected chi connectivity index (χ4v) is 8.94. The summed E-state index contributed by atoms with van der Waals surface area (Å²) in [5.41, 5.74) is 4.66. The van der Waals surface area contributed by atoms with E-state index in [0.29, 0.717) is 13.0 Å². The van der Waals surface area contributed by atoms with Gasteiger partial charge >= 0.3 is 6.01 Å². The minimum absolute atomic E-state index is 0.00467. The van der Waals surface area contributed by atoms with Gasteiger partial charge in [0.05, 0.1) is 44.9 Å². The number of benzene rings is 2. The van der Waals surface area contributed by atoms with Crippen molar-refractivity contribution in [2.45, 2.75) is 69.5 Å². The van der Waals surface area contributed by atoms with Gasteiger partial charge in [-0.05, 0) is 44.9 Å². The monoisotopic (exact) mass is 708 g/mol. The number of fused-ring (bicyclic) bond motifs is 2. The van der Waals surface area contributed by atoms with Crippen LogP contribution in [-0.2, 0) is 0 Å². The summed E-state index contributed by atoms with van der Waals surface area (Å²) in [5.74, 6) is -2.08. The number of aromatic nitrogens is 2. The lowest BCUT2D eigenvalue weighted by molar-refractivity contribution is 0.0757. The molecule has 3 aliphatic heterocycles. The number of nitriles is 1. The number of halogens is 6. The topological polar surface area (TPSA) is 121 Å². The predicted octanol–water partition coefficient (Wildman–Crippen LogP) is 6.45. The molecule has 254 valence electrons. The highest BCUT2D eigenvalue weighted by Crippen LogP contribution is 2.52. The predicted molar refractivity (Wildman–Crippen MR) is 172 cm³/mol. The molecule has 5 heterocycles. The number of nitrogen functional groups attached to an aromatic ring is 1. The van der Waals surface area contributed by atoms with Crippen molar-refractivity contribution in [1.29, 1.82) is 5.26 Å². The Morgan fingerprint density at radius 3 is 2.77 bits per heavy atom. The summed E-state index contributed by atoms with van der Waals surface area (Å²) in [7, 11) is 0. The first kappa shape index (κ1) is 32.8. The van der Waals surface area contributed by atoms with Crippen molar-refractivity contribution >= 4 is 54.7 Å². The molecule has 16 heteroatoms. The Morgan fingerprint density at radius 1 is 1.29 bits per heavy atom. The van der Waals surface area contributed by atoms with Gasteiger partial charge in [0.25, 0.3) is 6.43 Å². The van der Waals surface area contributed by atoms with Gasteiger partial charge in [-0.3, -0.25) is 4.90 Å². The van der Waals surface area contributed by atoms with Gasteiger partial charge in [0.15, 0.2) is 11.6 Å². The third-order valence-corrected chi connectivity index (χ3v) is 11.0. The molecular weight excluding hydrogens is 679 g/mol. The van der Waals surface area contributed by atoms with E-state index in [9.17, 15) is 27.9 Å². The minimum Gasteiger partial charge on any atom is -0.486 e. The van der Waals surface area contributed by atoms with Crippen molar-refractivity contribution in [3.8, 4) is 29.0 Å². The molecule has 0 radical (unpaired) electrons. The zero-order valence-corrected chi connectivity index (χ0v) is 27.3. The number of hydrogen-bond donors (Lipinski definition) is 2. The molecule has 0 bridgehead atoms. The number of thiophene rings is 1. The number of nitrogens with zero attached hydrogens (tertiary/aromatic N) is 5. The van der Waals surface area contributed by atoms with Crippen LogP contribution in [0, 0.1) is 23.0 Å². The molecule has 2 saturated heterocycles. The van der Waals surface area contributed by atoms with Crippen LogP contribution in [0.25, 0.3) is 32.1 Å². The van der Waals surface area contributed by atoms with Gasteiger partial charge in [0.2, 0.25) is 0 Å². The lowest BCUT2D eigenvalue weighted by Gasteiger charge is -2.36. The summed E-state index contributed by atoms with van der Waals surface area (Å²) in [6.45, 7) is 2.95. The molecule has 2 aromatic heterocycles. The highest BCUT2D eigenvalue weighted by Gasteiger charge is 2.49. The maximum absolute atomic E-state index is 17.1. The molecule has 0 saturated carbocycles. The second-order valence-corrected chi connectivity index (χ2v) is 14.0. The molecule has 2 fully saturated rings. The maximum Gasteiger partial charge on any atom is 0.319 e. The average molecular weight is 709 g/mol. The van der Waals surface area contributed by atoms with E-state index in [0.717, 1.165) is 28.7 Å². The van der Waals surface area contributed by atoms with Gasteiger partial charge in [-0.25, -0.2) is 22.0 Å². The van der Waals surface area contributed by atoms with Gasteiger partial charge in [0.1, 0.15) is 47.1 Å². The van der Waals surface area contributed by atoms with E-state index in [1.54, 1.807) is 6.92 Å². The molecule has 3 aliphatic rings. The molecule has 48 heavy (non-hydrogen) atoms. The summed E-state index contributed by atoms with van der Waals surface area (Å²) < 4.78 is 87.2. The van der Waals surface area contributed by atoms with Crippen molar-refractivity contribution in [3.05, 3.63) is 34.4 Å². The summed E-state index contributed by atoms with van der Waals surface area (Å²) in [5, 5.41) is 20.3. The Bertz CT molecular complexity index is 1990. The molecule has 3 N–H and O–H groups in total. The van der Waals surface area contributed by atoms with Crippen LogP contribution < -0.4 is 20.1 Å². The van der Waals surface area contributed by atoms with Crippen LogP contribution >= 0.6 is 22.9 Å². The quantitative estimate of drug-likeness (QED) is 0.209. The highest BCUT2D eigenvalue weighted by atomic mass is 35.5. The first-order valence-electron chi connectivity index (χ1n) is 15.4. The molecular formula is C32H30ClF5N6O3S. The number of ether oxygens (including phenoxy) is 2. The van der Waals surface area contributed by atoms with Crippen LogP contribution in [0.15, 0.2) is 12.1 Å². The maximum atomic E-state index is 17.1. The van der Waals surface area contributed by atoms with Crippen molar-refractivity contribution in [2.75, 3.05) is 36.9 Å².